The first-order valence-electron chi connectivity index (χ1n) is 8.99. The Morgan fingerprint density at radius 1 is 1.15 bits per heavy atom. The molecule has 1 N–H and O–H groups in total. The van der Waals surface area contributed by atoms with Crippen LogP contribution in [0.4, 0.5) is 5.69 Å². The van der Waals surface area contributed by atoms with Crippen LogP contribution < -0.4 is 5.32 Å². The predicted molar refractivity (Wildman–Crippen MR) is 106 cm³/mol. The van der Waals surface area contributed by atoms with E-state index in [-0.39, 0.29) is 5.91 Å². The molecule has 0 saturated heterocycles. The molecule has 1 heterocycles. The van der Waals surface area contributed by atoms with Gasteiger partial charge in [-0.1, -0.05) is 48.2 Å². The lowest BCUT2D eigenvalue weighted by molar-refractivity contribution is -0.115. The highest BCUT2D eigenvalue weighted by Gasteiger charge is 2.31. The fourth-order valence-electron chi connectivity index (χ4n) is 3.07. The fourth-order valence-corrected chi connectivity index (χ4v) is 4.12. The van der Waals surface area contributed by atoms with Gasteiger partial charge >= 0.3 is 0 Å². The number of hydrogen-bond acceptors (Lipinski definition) is 5. The van der Waals surface area contributed by atoms with E-state index in [1.54, 1.807) is 0 Å². The lowest BCUT2D eigenvalue weighted by atomic mass is 10.1. The Balaban J connectivity index is 1.61. The van der Waals surface area contributed by atoms with E-state index in [4.69, 9.17) is 0 Å². The zero-order valence-corrected chi connectivity index (χ0v) is 16.1. The second kappa shape index (κ2) is 7.52. The number of carbonyl (C=O) groups is 1. The molecule has 1 atom stereocenters. The van der Waals surface area contributed by atoms with Crippen molar-refractivity contribution in [1.29, 1.82) is 0 Å². The molecule has 0 spiro atoms. The van der Waals surface area contributed by atoms with Gasteiger partial charge in [-0.25, -0.2) is 4.68 Å². The normalized spacial score (nSPS) is 14.7. The van der Waals surface area contributed by atoms with Gasteiger partial charge in [-0.15, -0.1) is 5.10 Å². The minimum atomic E-state index is -0.435. The van der Waals surface area contributed by atoms with Crippen LogP contribution in [-0.2, 0) is 4.79 Å². The summed E-state index contributed by atoms with van der Waals surface area (Å²) in [5, 5.41) is 15.4. The van der Waals surface area contributed by atoms with Crippen LogP contribution in [0, 0.1) is 13.8 Å². The van der Waals surface area contributed by atoms with Crippen LogP contribution in [0.3, 0.4) is 0 Å². The van der Waals surface area contributed by atoms with Crippen molar-refractivity contribution in [2.24, 2.45) is 0 Å². The first-order chi connectivity index (χ1) is 13.1. The highest BCUT2D eigenvalue weighted by molar-refractivity contribution is 8.00. The third-order valence-corrected chi connectivity index (χ3v) is 5.61. The van der Waals surface area contributed by atoms with Crippen molar-refractivity contribution in [1.82, 2.24) is 20.2 Å². The highest BCUT2D eigenvalue weighted by Crippen LogP contribution is 2.40. The van der Waals surface area contributed by atoms with E-state index in [1.165, 1.54) is 11.8 Å². The molecule has 1 aliphatic carbocycles. The van der Waals surface area contributed by atoms with Gasteiger partial charge in [0, 0.05) is 5.69 Å². The van der Waals surface area contributed by atoms with Crippen molar-refractivity contribution < 1.29 is 4.79 Å². The van der Waals surface area contributed by atoms with Crippen molar-refractivity contribution >= 4 is 23.4 Å². The summed E-state index contributed by atoms with van der Waals surface area (Å²) in [7, 11) is 0. The number of rotatable bonds is 6. The molecule has 1 aliphatic rings. The Labute approximate surface area is 162 Å². The number of aryl methyl sites for hydroxylation is 2. The highest BCUT2D eigenvalue weighted by atomic mass is 32.2. The summed E-state index contributed by atoms with van der Waals surface area (Å²) in [5.74, 6) is -0.0819. The van der Waals surface area contributed by atoms with Crippen molar-refractivity contribution in [2.45, 2.75) is 43.1 Å². The molecule has 0 unspecified atom stereocenters. The van der Waals surface area contributed by atoms with Gasteiger partial charge in [0.05, 0.1) is 6.04 Å². The van der Waals surface area contributed by atoms with Crippen molar-refractivity contribution in [3.63, 3.8) is 0 Å². The summed E-state index contributed by atoms with van der Waals surface area (Å²) in [5.41, 5.74) is 3.97. The molecule has 6 nitrogen and oxygen atoms in total. The van der Waals surface area contributed by atoms with Gasteiger partial charge in [-0.05, 0) is 65.9 Å². The Bertz CT molecular complexity index is 932. The number of amides is 1. The molecule has 2 aromatic carbocycles. The number of thioether (sulfide) groups is 1. The molecule has 1 aromatic heterocycles. The zero-order chi connectivity index (χ0) is 18.8. The summed E-state index contributed by atoms with van der Waals surface area (Å²) in [4.78, 5) is 13.1. The quantitative estimate of drug-likeness (QED) is 0.653. The van der Waals surface area contributed by atoms with E-state index in [0.29, 0.717) is 11.2 Å². The van der Waals surface area contributed by atoms with Gasteiger partial charge in [-0.3, -0.25) is 4.79 Å². The van der Waals surface area contributed by atoms with Gasteiger partial charge < -0.3 is 5.32 Å². The van der Waals surface area contributed by atoms with Gasteiger partial charge in [-0.2, -0.15) is 0 Å². The van der Waals surface area contributed by atoms with Gasteiger partial charge in [0.15, 0.2) is 0 Å². The third-order valence-electron chi connectivity index (χ3n) is 4.41. The zero-order valence-electron chi connectivity index (χ0n) is 15.3. The number of nitrogens with one attached hydrogen (secondary N) is 1. The lowest BCUT2D eigenvalue weighted by Gasteiger charge is -2.17. The van der Waals surface area contributed by atoms with Crippen molar-refractivity contribution in [3.8, 4) is 0 Å². The Morgan fingerprint density at radius 2 is 1.85 bits per heavy atom. The van der Waals surface area contributed by atoms with Gasteiger partial charge in [0.2, 0.25) is 11.1 Å². The third kappa shape index (κ3) is 4.19. The second-order valence-electron chi connectivity index (χ2n) is 6.91. The van der Waals surface area contributed by atoms with Crippen molar-refractivity contribution in [2.75, 3.05) is 5.32 Å². The molecule has 1 amide bonds. The van der Waals surface area contributed by atoms with E-state index < -0.39 is 5.25 Å². The van der Waals surface area contributed by atoms with Crippen molar-refractivity contribution in [3.05, 3.63) is 65.2 Å². The molecule has 1 fully saturated rings. The molecule has 3 aromatic rings. The number of hydrogen-bond donors (Lipinski definition) is 1. The van der Waals surface area contributed by atoms with Crippen LogP contribution in [0.1, 0.15) is 40.8 Å². The lowest BCUT2D eigenvalue weighted by Crippen LogP contribution is -2.19. The molecular weight excluding hydrogens is 358 g/mol. The van der Waals surface area contributed by atoms with Crippen LogP contribution in [0.15, 0.2) is 53.7 Å². The molecular formula is C20H21N5OS. The minimum absolute atomic E-state index is 0.0819. The average molecular weight is 379 g/mol. The molecule has 4 rings (SSSR count). The summed E-state index contributed by atoms with van der Waals surface area (Å²) in [6, 6.07) is 16.2. The number of anilines is 1. The topological polar surface area (TPSA) is 72.7 Å². The van der Waals surface area contributed by atoms with Crippen LogP contribution >= 0.6 is 11.8 Å². The average Bonchev–Trinajstić information content (AvgIpc) is 3.38. The van der Waals surface area contributed by atoms with Gasteiger partial charge in [0.25, 0.3) is 0 Å². The van der Waals surface area contributed by atoms with E-state index in [2.05, 4.69) is 26.9 Å². The number of nitrogens with zero attached hydrogens (tertiary/aromatic N) is 4. The number of aromatic nitrogens is 4. The number of tetrazole rings is 1. The summed E-state index contributed by atoms with van der Waals surface area (Å²) < 4.78 is 1.84. The first-order valence-corrected chi connectivity index (χ1v) is 9.87. The number of carbonyl (C=O) groups excluding carboxylic acids is 1. The van der Waals surface area contributed by atoms with Gasteiger partial charge in [0.1, 0.15) is 5.25 Å². The Hall–Kier alpha value is -2.67. The van der Waals surface area contributed by atoms with Crippen LogP contribution in [0.2, 0.25) is 0 Å². The predicted octanol–water partition coefficient (Wildman–Crippen LogP) is 4.10. The van der Waals surface area contributed by atoms with Crippen LogP contribution in [-0.4, -0.2) is 26.1 Å². The fraction of sp³-hybridized carbons (Fsp3) is 0.300. The maximum Gasteiger partial charge on any atom is 0.242 e. The monoisotopic (exact) mass is 379 g/mol. The Kier molecular flexibility index (Phi) is 4.94. The maximum absolute atomic E-state index is 13.1. The largest absolute Gasteiger partial charge is 0.325 e. The van der Waals surface area contributed by atoms with E-state index in [0.717, 1.165) is 35.2 Å². The summed E-state index contributed by atoms with van der Waals surface area (Å²) >= 11 is 1.39. The maximum atomic E-state index is 13.1. The minimum Gasteiger partial charge on any atom is -0.325 e. The molecule has 138 valence electrons. The van der Waals surface area contributed by atoms with E-state index >= 15 is 0 Å². The Morgan fingerprint density at radius 3 is 2.52 bits per heavy atom. The van der Waals surface area contributed by atoms with E-state index in [1.807, 2.05) is 61.0 Å². The molecule has 27 heavy (non-hydrogen) atoms. The van der Waals surface area contributed by atoms with E-state index in [9.17, 15) is 4.79 Å². The molecule has 0 aliphatic heterocycles. The second-order valence-corrected chi connectivity index (χ2v) is 7.98. The standard InChI is InChI=1S/C20H21N5OS/c1-13-10-14(2)12-16(11-13)21-19(26)18(15-6-4-3-5-7-15)27-20-22-23-24-25(20)17-8-9-17/h3-7,10-12,17-18H,8-9H2,1-2H3,(H,21,26)/t18-/m1/s1. The summed E-state index contributed by atoms with van der Waals surface area (Å²) in [6.45, 7) is 4.05. The SMILES string of the molecule is Cc1cc(C)cc(NC(=O)[C@H](Sc2nnnn2C2CC2)c2ccccc2)c1. The van der Waals surface area contributed by atoms with Crippen LogP contribution in [0.25, 0.3) is 0 Å². The first kappa shape index (κ1) is 17.7. The molecule has 7 heteroatoms. The van der Waals surface area contributed by atoms with Crippen LogP contribution in [0.5, 0.6) is 0 Å². The smallest absolute Gasteiger partial charge is 0.242 e. The molecule has 1 saturated carbocycles. The molecule has 0 radical (unpaired) electrons. The summed E-state index contributed by atoms with van der Waals surface area (Å²) in [6.07, 6.45) is 2.17. The molecule has 0 bridgehead atoms. The number of benzene rings is 2.